The van der Waals surface area contributed by atoms with Crippen molar-refractivity contribution in [1.82, 2.24) is 0 Å². The topological polar surface area (TPSA) is 119 Å². The molecule has 0 unspecified atom stereocenters. The van der Waals surface area contributed by atoms with Crippen molar-refractivity contribution in [2.24, 2.45) is 0 Å². The molecule has 0 aliphatic heterocycles. The first-order valence-electron chi connectivity index (χ1n) is 6.63. The van der Waals surface area contributed by atoms with Crippen molar-refractivity contribution >= 4 is 44.6 Å². The van der Waals surface area contributed by atoms with Crippen LogP contribution in [0.3, 0.4) is 0 Å². The number of rotatable bonds is 6. The highest BCUT2D eigenvalue weighted by atomic mass is 35.5. The molecule has 0 aliphatic rings. The second kappa shape index (κ2) is 7.44. The Hall–Kier alpha value is -2.07. The van der Waals surface area contributed by atoms with E-state index < -0.39 is 27.2 Å². The van der Waals surface area contributed by atoms with E-state index in [0.29, 0.717) is 5.02 Å². The van der Waals surface area contributed by atoms with Gasteiger partial charge in [0, 0.05) is 5.02 Å². The van der Waals surface area contributed by atoms with Gasteiger partial charge in [0.25, 0.3) is 5.69 Å². The molecule has 0 bridgehead atoms. The molecule has 0 heterocycles. The van der Waals surface area contributed by atoms with Crippen LogP contribution >= 0.6 is 23.2 Å². The largest absolute Gasteiger partial charge is 0.453 e. The molecule has 0 amide bonds. The first-order chi connectivity index (χ1) is 11.6. The minimum Gasteiger partial charge on any atom is -0.453 e. The summed E-state index contributed by atoms with van der Waals surface area (Å²) in [6, 6.07) is 6.45. The average molecular weight is 407 g/mol. The van der Waals surface area contributed by atoms with Crippen molar-refractivity contribution in [2.75, 3.05) is 11.0 Å². The Labute approximate surface area is 153 Å². The van der Waals surface area contributed by atoms with Crippen LogP contribution in [0, 0.1) is 10.1 Å². The number of anilines is 1. The van der Waals surface area contributed by atoms with Gasteiger partial charge in [-0.3, -0.25) is 14.8 Å². The Morgan fingerprint density at radius 3 is 2.44 bits per heavy atom. The summed E-state index contributed by atoms with van der Waals surface area (Å²) >= 11 is 11.8. The van der Waals surface area contributed by atoms with Gasteiger partial charge in [-0.2, -0.15) is 0 Å². The molecule has 2 aromatic carbocycles. The van der Waals surface area contributed by atoms with Crippen LogP contribution in [0.4, 0.5) is 11.4 Å². The second-order valence-corrected chi connectivity index (χ2v) is 7.54. The molecule has 0 saturated carbocycles. The lowest BCUT2D eigenvalue weighted by atomic mass is 10.1. The number of nitro groups is 1. The summed E-state index contributed by atoms with van der Waals surface area (Å²) in [6.07, 6.45) is 0.909. The molecule has 2 rings (SSSR count). The van der Waals surface area contributed by atoms with Gasteiger partial charge in [-0.1, -0.05) is 23.2 Å². The summed E-state index contributed by atoms with van der Waals surface area (Å²) in [4.78, 5) is 10.4. The quantitative estimate of drug-likeness (QED) is 0.558. The number of halogens is 2. The molecule has 8 nitrogen and oxygen atoms in total. The summed E-state index contributed by atoms with van der Waals surface area (Å²) in [5.41, 5.74) is -0.587. The number of benzene rings is 2. The van der Waals surface area contributed by atoms with Crippen LogP contribution in [0.15, 0.2) is 30.3 Å². The van der Waals surface area contributed by atoms with Crippen molar-refractivity contribution in [3.63, 3.8) is 0 Å². The number of nitro benzene ring substituents is 1. The van der Waals surface area contributed by atoms with Crippen molar-refractivity contribution < 1.29 is 23.2 Å². The fourth-order valence-electron chi connectivity index (χ4n) is 1.95. The molecule has 0 saturated heterocycles. The maximum Gasteiger partial charge on any atom is 0.278 e. The molecule has 2 aromatic rings. The third-order valence-electron chi connectivity index (χ3n) is 2.96. The third kappa shape index (κ3) is 4.95. The van der Waals surface area contributed by atoms with E-state index in [1.165, 1.54) is 18.2 Å². The monoisotopic (exact) mass is 406 g/mol. The Bertz CT molecular complexity index is 933. The summed E-state index contributed by atoms with van der Waals surface area (Å²) in [7, 11) is -3.70. The van der Waals surface area contributed by atoms with Gasteiger partial charge in [0.15, 0.2) is 5.75 Å². The number of aliphatic hydroxyl groups excluding tert-OH is 1. The zero-order valence-corrected chi connectivity index (χ0v) is 15.0. The van der Waals surface area contributed by atoms with Gasteiger partial charge in [0.05, 0.1) is 40.1 Å². The molecule has 25 heavy (non-hydrogen) atoms. The van der Waals surface area contributed by atoms with Crippen LogP contribution in [0.5, 0.6) is 11.5 Å². The van der Waals surface area contributed by atoms with Gasteiger partial charge in [-0.25, -0.2) is 8.42 Å². The van der Waals surface area contributed by atoms with Gasteiger partial charge < -0.3 is 9.84 Å². The van der Waals surface area contributed by atoms with E-state index in [9.17, 15) is 23.6 Å². The number of sulfonamides is 1. The number of ether oxygens (including phenoxy) is 1. The minimum atomic E-state index is -3.70. The average Bonchev–Trinajstić information content (AvgIpc) is 2.49. The van der Waals surface area contributed by atoms with E-state index >= 15 is 0 Å². The maximum absolute atomic E-state index is 11.5. The van der Waals surface area contributed by atoms with E-state index in [-0.39, 0.29) is 27.8 Å². The fraction of sp³-hybridized carbons (Fsp3) is 0.143. The predicted molar refractivity (Wildman–Crippen MR) is 94.0 cm³/mol. The highest BCUT2D eigenvalue weighted by Crippen LogP contribution is 2.39. The highest BCUT2D eigenvalue weighted by Gasteiger charge is 2.21. The van der Waals surface area contributed by atoms with Crippen LogP contribution < -0.4 is 9.46 Å². The Balaban J connectivity index is 2.59. The first-order valence-corrected chi connectivity index (χ1v) is 9.28. The number of hydrogen-bond donors (Lipinski definition) is 2. The molecule has 0 aromatic heterocycles. The highest BCUT2D eigenvalue weighted by molar-refractivity contribution is 7.92. The van der Waals surface area contributed by atoms with Crippen LogP contribution in [-0.2, 0) is 16.6 Å². The van der Waals surface area contributed by atoms with Crippen molar-refractivity contribution in [3.8, 4) is 11.5 Å². The van der Waals surface area contributed by atoms with Crippen molar-refractivity contribution in [1.29, 1.82) is 0 Å². The van der Waals surface area contributed by atoms with Crippen LogP contribution in [0.2, 0.25) is 10.0 Å². The summed E-state index contributed by atoms with van der Waals surface area (Å²) in [5, 5.41) is 20.9. The number of aliphatic hydroxyl groups is 1. The molecule has 0 spiro atoms. The molecule has 0 atom stereocenters. The maximum atomic E-state index is 11.5. The molecule has 0 fully saturated rings. The van der Waals surface area contributed by atoms with E-state index in [1.54, 1.807) is 0 Å². The molecule has 11 heteroatoms. The SMILES string of the molecule is CS(=O)(=O)Nc1cc(CO)c([N+](=O)[O-])cc1Oc1ccc(Cl)cc1Cl. The van der Waals surface area contributed by atoms with Crippen molar-refractivity contribution in [2.45, 2.75) is 6.61 Å². The lowest BCUT2D eigenvalue weighted by Gasteiger charge is -2.14. The van der Waals surface area contributed by atoms with Gasteiger partial charge in [-0.15, -0.1) is 0 Å². The van der Waals surface area contributed by atoms with Gasteiger partial charge >= 0.3 is 0 Å². The zero-order chi connectivity index (χ0) is 18.8. The predicted octanol–water partition coefficient (Wildman–Crippen LogP) is 3.56. The third-order valence-corrected chi connectivity index (χ3v) is 4.08. The van der Waals surface area contributed by atoms with E-state index in [1.807, 2.05) is 0 Å². The summed E-state index contributed by atoms with van der Waals surface area (Å²) < 4.78 is 30.8. The lowest BCUT2D eigenvalue weighted by Crippen LogP contribution is -2.11. The molecule has 0 aliphatic carbocycles. The Kier molecular flexibility index (Phi) is 5.73. The first kappa shape index (κ1) is 19.3. The standard InChI is InChI=1S/C14H12Cl2N2O6S/c1-25(22,23)17-11-4-8(7-19)12(18(20)21)6-14(11)24-13-3-2-9(15)5-10(13)16/h2-6,17,19H,7H2,1H3. The second-order valence-electron chi connectivity index (χ2n) is 4.94. The smallest absolute Gasteiger partial charge is 0.278 e. The molecule has 2 N–H and O–H groups in total. The molecule has 0 radical (unpaired) electrons. The minimum absolute atomic E-state index is 0.0781. The van der Waals surface area contributed by atoms with Crippen LogP contribution in [-0.4, -0.2) is 24.7 Å². The molecular weight excluding hydrogens is 395 g/mol. The van der Waals surface area contributed by atoms with Crippen molar-refractivity contribution in [3.05, 3.63) is 56.1 Å². The Morgan fingerprint density at radius 2 is 1.92 bits per heavy atom. The van der Waals surface area contributed by atoms with Gasteiger partial charge in [0.1, 0.15) is 5.75 Å². The zero-order valence-electron chi connectivity index (χ0n) is 12.7. The summed E-state index contributed by atoms with van der Waals surface area (Å²) in [6.45, 7) is -0.656. The molecular formula is C14H12Cl2N2O6S. The van der Waals surface area contributed by atoms with E-state index in [0.717, 1.165) is 18.4 Å². The number of nitrogens with zero attached hydrogens (tertiary/aromatic N) is 1. The normalized spacial score (nSPS) is 11.2. The van der Waals surface area contributed by atoms with Gasteiger partial charge in [-0.05, 0) is 24.3 Å². The van der Waals surface area contributed by atoms with E-state index in [2.05, 4.69) is 4.72 Å². The fourth-order valence-corrected chi connectivity index (χ4v) is 2.96. The Morgan fingerprint density at radius 1 is 1.24 bits per heavy atom. The number of hydrogen-bond acceptors (Lipinski definition) is 6. The van der Waals surface area contributed by atoms with Crippen LogP contribution in [0.1, 0.15) is 5.56 Å². The van der Waals surface area contributed by atoms with E-state index in [4.69, 9.17) is 27.9 Å². The van der Waals surface area contributed by atoms with Crippen LogP contribution in [0.25, 0.3) is 0 Å². The number of nitrogens with one attached hydrogen (secondary N) is 1. The molecule has 134 valence electrons. The van der Waals surface area contributed by atoms with Gasteiger partial charge in [0.2, 0.25) is 10.0 Å². The lowest BCUT2D eigenvalue weighted by molar-refractivity contribution is -0.385. The summed E-state index contributed by atoms with van der Waals surface area (Å²) in [5.74, 6) is -0.0350.